The number of hydrogen-bond donors (Lipinski definition) is 1. The zero-order valence-corrected chi connectivity index (χ0v) is 17.6. The number of halogens is 3. The molecule has 0 spiro atoms. The summed E-state index contributed by atoms with van der Waals surface area (Å²) < 4.78 is 38.4. The molecule has 0 saturated carbocycles. The zero-order chi connectivity index (χ0) is 20.8. The summed E-state index contributed by atoms with van der Waals surface area (Å²) in [5.74, 6) is 1.84. The standard InChI is InChI=1S/C20H27F3N4OS/c1-19(2,11-28)10-26-4-3-13-8-27(9-14(13)7-26)17-16-5-15(6-20(21,22)23)29-18(16)25-12-24-17/h5,12-14,28H,3-4,6-11H2,1-2H3/t13-,14+/m1/s1. The summed E-state index contributed by atoms with van der Waals surface area (Å²) in [6.07, 6.45) is -2.58. The Labute approximate surface area is 172 Å². The topological polar surface area (TPSA) is 52.5 Å². The van der Waals surface area contributed by atoms with Crippen molar-refractivity contribution >= 4 is 27.4 Å². The van der Waals surface area contributed by atoms with E-state index in [4.69, 9.17) is 0 Å². The van der Waals surface area contributed by atoms with Crippen molar-refractivity contribution in [3.63, 3.8) is 0 Å². The SMILES string of the molecule is CC(C)(CO)CN1CC[C@@H]2CN(c3ncnc4sc(CC(F)(F)F)cc34)C[C@@H]2C1. The number of aliphatic hydroxyl groups excluding tert-OH is 1. The summed E-state index contributed by atoms with van der Waals surface area (Å²) >= 11 is 1.10. The fourth-order valence-corrected chi connectivity index (χ4v) is 5.67. The van der Waals surface area contributed by atoms with Crippen molar-refractivity contribution in [2.45, 2.75) is 32.9 Å². The molecule has 2 saturated heterocycles. The molecule has 160 valence electrons. The molecule has 2 aromatic heterocycles. The van der Waals surface area contributed by atoms with E-state index in [9.17, 15) is 18.3 Å². The largest absolute Gasteiger partial charge is 0.396 e. The number of aromatic nitrogens is 2. The lowest BCUT2D eigenvalue weighted by Gasteiger charge is -2.38. The lowest BCUT2D eigenvalue weighted by atomic mass is 9.86. The maximum atomic E-state index is 12.8. The Morgan fingerprint density at radius 1 is 1.17 bits per heavy atom. The molecule has 0 radical (unpaired) electrons. The number of rotatable bonds is 5. The molecular formula is C20H27F3N4OS. The lowest BCUT2D eigenvalue weighted by Crippen LogP contribution is -2.45. The van der Waals surface area contributed by atoms with Crippen LogP contribution < -0.4 is 4.90 Å². The van der Waals surface area contributed by atoms with Gasteiger partial charge in [-0.1, -0.05) is 13.8 Å². The van der Waals surface area contributed by atoms with Gasteiger partial charge in [-0.05, 0) is 30.9 Å². The van der Waals surface area contributed by atoms with Crippen LogP contribution in [0.1, 0.15) is 25.1 Å². The predicted octanol–water partition coefficient (Wildman–Crippen LogP) is 3.57. The number of hydrogen-bond acceptors (Lipinski definition) is 6. The van der Waals surface area contributed by atoms with Crippen LogP contribution in [0.25, 0.3) is 10.2 Å². The minimum Gasteiger partial charge on any atom is -0.396 e. The molecule has 1 N–H and O–H groups in total. The third kappa shape index (κ3) is 4.67. The second-order valence-corrected chi connectivity index (χ2v) is 10.3. The highest BCUT2D eigenvalue weighted by molar-refractivity contribution is 7.18. The number of anilines is 1. The van der Waals surface area contributed by atoms with Gasteiger partial charge >= 0.3 is 6.18 Å². The van der Waals surface area contributed by atoms with Crippen LogP contribution in [0.5, 0.6) is 0 Å². The Morgan fingerprint density at radius 2 is 1.93 bits per heavy atom. The third-order valence-corrected chi connectivity index (χ3v) is 7.04. The normalized spacial score (nSPS) is 23.7. The highest BCUT2D eigenvalue weighted by Crippen LogP contribution is 2.38. The molecule has 0 aromatic carbocycles. The Balaban J connectivity index is 1.50. The van der Waals surface area contributed by atoms with Crippen molar-refractivity contribution in [2.24, 2.45) is 17.3 Å². The van der Waals surface area contributed by atoms with Crippen LogP contribution in [0.2, 0.25) is 0 Å². The highest BCUT2D eigenvalue weighted by atomic mass is 32.1. The van der Waals surface area contributed by atoms with Crippen molar-refractivity contribution in [1.82, 2.24) is 14.9 Å². The van der Waals surface area contributed by atoms with Gasteiger partial charge in [-0.25, -0.2) is 9.97 Å². The maximum Gasteiger partial charge on any atom is 0.393 e. The van der Waals surface area contributed by atoms with Gasteiger partial charge in [0.25, 0.3) is 0 Å². The third-order valence-electron chi connectivity index (χ3n) is 6.00. The van der Waals surface area contributed by atoms with E-state index < -0.39 is 12.6 Å². The molecule has 9 heteroatoms. The molecule has 5 nitrogen and oxygen atoms in total. The van der Waals surface area contributed by atoms with E-state index in [-0.39, 0.29) is 16.9 Å². The molecule has 0 unspecified atom stereocenters. The van der Waals surface area contributed by atoms with Crippen LogP contribution in [-0.2, 0) is 6.42 Å². The minimum absolute atomic E-state index is 0.116. The van der Waals surface area contributed by atoms with Crippen molar-refractivity contribution in [2.75, 3.05) is 44.2 Å². The molecule has 4 rings (SSSR count). The van der Waals surface area contributed by atoms with E-state index in [0.29, 0.717) is 16.7 Å². The zero-order valence-electron chi connectivity index (χ0n) is 16.7. The number of piperidine rings is 1. The summed E-state index contributed by atoms with van der Waals surface area (Å²) in [5, 5.41) is 10.3. The summed E-state index contributed by atoms with van der Waals surface area (Å²) in [7, 11) is 0. The van der Waals surface area contributed by atoms with Crippen molar-refractivity contribution in [3.05, 3.63) is 17.3 Å². The van der Waals surface area contributed by atoms with Crippen LogP contribution in [0.15, 0.2) is 12.4 Å². The van der Waals surface area contributed by atoms with Crippen LogP contribution in [0.4, 0.5) is 19.0 Å². The first-order chi connectivity index (χ1) is 13.6. The molecule has 2 atom stereocenters. The van der Waals surface area contributed by atoms with Crippen LogP contribution >= 0.6 is 11.3 Å². The smallest absolute Gasteiger partial charge is 0.393 e. The molecule has 0 aliphatic carbocycles. The Bertz CT molecular complexity index is 869. The number of likely N-dealkylation sites (tertiary alicyclic amines) is 1. The van der Waals surface area contributed by atoms with E-state index in [1.54, 1.807) is 6.07 Å². The maximum absolute atomic E-state index is 12.8. The van der Waals surface area contributed by atoms with Gasteiger partial charge in [-0.3, -0.25) is 0 Å². The van der Waals surface area contributed by atoms with Gasteiger partial charge in [0, 0.05) is 43.1 Å². The highest BCUT2D eigenvalue weighted by Gasteiger charge is 2.39. The molecule has 29 heavy (non-hydrogen) atoms. The van der Waals surface area contributed by atoms with Gasteiger partial charge in [-0.15, -0.1) is 11.3 Å². The summed E-state index contributed by atoms with van der Waals surface area (Å²) in [6.45, 7) is 8.94. The van der Waals surface area contributed by atoms with E-state index in [0.717, 1.165) is 61.7 Å². The first kappa shape index (κ1) is 20.8. The fourth-order valence-electron chi connectivity index (χ4n) is 4.65. The van der Waals surface area contributed by atoms with Crippen molar-refractivity contribution in [1.29, 1.82) is 0 Å². The number of nitrogens with zero attached hydrogens (tertiary/aromatic N) is 4. The fraction of sp³-hybridized carbons (Fsp3) is 0.700. The first-order valence-electron chi connectivity index (χ1n) is 10.0. The second-order valence-electron chi connectivity index (χ2n) is 9.19. The van der Waals surface area contributed by atoms with E-state index >= 15 is 0 Å². The second kappa shape index (κ2) is 7.67. The minimum atomic E-state index is -4.22. The Hall–Kier alpha value is -1.45. The molecule has 2 aliphatic heterocycles. The molecule has 0 bridgehead atoms. The summed E-state index contributed by atoms with van der Waals surface area (Å²) in [5.41, 5.74) is -0.116. The Morgan fingerprint density at radius 3 is 2.66 bits per heavy atom. The van der Waals surface area contributed by atoms with Crippen molar-refractivity contribution in [3.8, 4) is 0 Å². The van der Waals surface area contributed by atoms with Gasteiger partial charge in [0.05, 0.1) is 11.8 Å². The molecule has 2 fully saturated rings. The summed E-state index contributed by atoms with van der Waals surface area (Å²) in [4.78, 5) is 14.2. The number of aliphatic hydroxyl groups is 1. The lowest BCUT2D eigenvalue weighted by molar-refractivity contribution is -0.126. The Kier molecular flexibility index (Phi) is 5.50. The van der Waals surface area contributed by atoms with Crippen molar-refractivity contribution < 1.29 is 18.3 Å². The van der Waals surface area contributed by atoms with Crippen LogP contribution in [0.3, 0.4) is 0 Å². The predicted molar refractivity (Wildman–Crippen MR) is 108 cm³/mol. The quantitative estimate of drug-likeness (QED) is 0.789. The van der Waals surface area contributed by atoms with Crippen LogP contribution in [-0.4, -0.2) is 65.5 Å². The molecule has 4 heterocycles. The number of fused-ring (bicyclic) bond motifs is 2. The van der Waals surface area contributed by atoms with Gasteiger partial charge in [0.2, 0.25) is 0 Å². The molecule has 2 aliphatic rings. The number of alkyl halides is 3. The van der Waals surface area contributed by atoms with E-state index in [1.165, 1.54) is 6.33 Å². The molecule has 2 aromatic rings. The van der Waals surface area contributed by atoms with Gasteiger partial charge in [0.1, 0.15) is 17.0 Å². The molecule has 0 amide bonds. The average Bonchev–Trinajstić information content (AvgIpc) is 3.22. The average molecular weight is 429 g/mol. The van der Waals surface area contributed by atoms with E-state index in [1.807, 2.05) is 0 Å². The van der Waals surface area contributed by atoms with Gasteiger partial charge < -0.3 is 14.9 Å². The van der Waals surface area contributed by atoms with Gasteiger partial charge in [-0.2, -0.15) is 13.2 Å². The first-order valence-corrected chi connectivity index (χ1v) is 10.8. The van der Waals surface area contributed by atoms with Gasteiger partial charge in [0.15, 0.2) is 0 Å². The molecular weight excluding hydrogens is 401 g/mol. The summed E-state index contributed by atoms with van der Waals surface area (Å²) in [6, 6.07) is 1.61. The number of thiophene rings is 1. The van der Waals surface area contributed by atoms with Crippen LogP contribution in [0, 0.1) is 17.3 Å². The van der Waals surface area contributed by atoms with E-state index in [2.05, 4.69) is 33.6 Å². The monoisotopic (exact) mass is 428 g/mol.